The van der Waals surface area contributed by atoms with E-state index >= 15 is 0 Å². The number of rotatable bonds is 7. The number of halogens is 3. The van der Waals surface area contributed by atoms with Gasteiger partial charge in [0.15, 0.2) is 5.13 Å². The van der Waals surface area contributed by atoms with Crippen LogP contribution in [0, 0.1) is 6.92 Å². The van der Waals surface area contributed by atoms with Crippen molar-refractivity contribution < 1.29 is 27.2 Å². The predicted molar refractivity (Wildman–Crippen MR) is 94.1 cm³/mol. The highest BCUT2D eigenvalue weighted by atomic mass is 32.1. The topological polar surface area (TPSA) is 91.6 Å². The first-order valence-electron chi connectivity index (χ1n) is 8.52. The van der Waals surface area contributed by atoms with E-state index in [2.05, 4.69) is 15.3 Å². The summed E-state index contributed by atoms with van der Waals surface area (Å²) in [7, 11) is 0. The van der Waals surface area contributed by atoms with Crippen molar-refractivity contribution in [3.05, 3.63) is 28.9 Å². The smallest absolute Gasteiger partial charge is 0.389 e. The number of thiazole rings is 1. The Morgan fingerprint density at radius 3 is 2.86 bits per heavy atom. The minimum absolute atomic E-state index is 0.0304. The highest BCUT2D eigenvalue weighted by Gasteiger charge is 2.33. The lowest BCUT2D eigenvalue weighted by Crippen LogP contribution is -2.32. The van der Waals surface area contributed by atoms with E-state index < -0.39 is 18.6 Å². The minimum Gasteiger partial charge on any atom is -0.447 e. The van der Waals surface area contributed by atoms with Gasteiger partial charge in [-0.05, 0) is 13.3 Å². The maximum atomic E-state index is 12.4. The van der Waals surface area contributed by atoms with Crippen molar-refractivity contribution in [3.63, 3.8) is 0 Å². The minimum atomic E-state index is -4.23. The molecule has 8 nitrogen and oxygen atoms in total. The summed E-state index contributed by atoms with van der Waals surface area (Å²) in [5.41, 5.74) is 0.466. The van der Waals surface area contributed by atoms with Crippen molar-refractivity contribution in [1.29, 1.82) is 0 Å². The fraction of sp³-hybridized carbons (Fsp3) is 0.500. The van der Waals surface area contributed by atoms with E-state index in [4.69, 9.17) is 4.42 Å². The summed E-state index contributed by atoms with van der Waals surface area (Å²) in [5.74, 6) is -0.00640. The van der Waals surface area contributed by atoms with Crippen molar-refractivity contribution in [2.24, 2.45) is 0 Å². The molecule has 0 unspecified atom stereocenters. The van der Waals surface area contributed by atoms with Crippen LogP contribution in [0.25, 0.3) is 0 Å². The molecule has 0 aromatic carbocycles. The molecule has 0 bridgehead atoms. The zero-order valence-electron chi connectivity index (χ0n) is 15.0. The summed E-state index contributed by atoms with van der Waals surface area (Å²) in [4.78, 5) is 36.1. The van der Waals surface area contributed by atoms with Gasteiger partial charge in [0.1, 0.15) is 11.1 Å². The molecule has 0 radical (unpaired) electrons. The SMILES string of the molecule is Cc1nc(N2CCN(CCCC(F)(F)F)C2=O)sc1C(=O)NCc1ncco1. The summed E-state index contributed by atoms with van der Waals surface area (Å²) in [6.07, 6.45) is -2.44. The average Bonchev–Trinajstić information content (AvgIpc) is 3.33. The van der Waals surface area contributed by atoms with Gasteiger partial charge in [-0.1, -0.05) is 11.3 Å². The number of carbonyl (C=O) groups excluding carboxylic acids is 2. The normalized spacial score (nSPS) is 14.8. The number of anilines is 1. The van der Waals surface area contributed by atoms with E-state index in [-0.39, 0.29) is 25.4 Å². The highest BCUT2D eigenvalue weighted by Crippen LogP contribution is 2.29. The Bertz CT molecular complexity index is 837. The molecule has 0 spiro atoms. The quantitative estimate of drug-likeness (QED) is 0.748. The molecule has 1 aliphatic rings. The molecule has 2 aromatic rings. The van der Waals surface area contributed by atoms with Gasteiger partial charge in [0.25, 0.3) is 5.91 Å². The molecule has 0 aliphatic carbocycles. The molecule has 0 saturated carbocycles. The second kappa shape index (κ2) is 8.17. The van der Waals surface area contributed by atoms with E-state index in [1.807, 2.05) is 0 Å². The van der Waals surface area contributed by atoms with Crippen LogP contribution in [0.15, 0.2) is 16.9 Å². The maximum absolute atomic E-state index is 12.4. The number of alkyl halides is 3. The van der Waals surface area contributed by atoms with E-state index in [1.165, 1.54) is 22.3 Å². The van der Waals surface area contributed by atoms with E-state index in [9.17, 15) is 22.8 Å². The number of hydrogen-bond acceptors (Lipinski definition) is 6. The Labute approximate surface area is 162 Å². The molecule has 3 heterocycles. The predicted octanol–water partition coefficient (Wildman–Crippen LogP) is 2.95. The summed E-state index contributed by atoms with van der Waals surface area (Å²) in [6.45, 7) is 2.44. The standard InChI is InChI=1S/C16H18F3N5O3S/c1-10-12(13(25)21-9-11-20-4-8-27-11)28-14(22-10)24-7-6-23(15(24)26)5-2-3-16(17,18)19/h4,8H,2-3,5-7,9H2,1H3,(H,21,25). The molecule has 2 aromatic heterocycles. The number of oxazole rings is 1. The zero-order chi connectivity index (χ0) is 20.3. The number of hydrogen-bond donors (Lipinski definition) is 1. The molecule has 28 heavy (non-hydrogen) atoms. The summed E-state index contributed by atoms with van der Waals surface area (Å²) < 4.78 is 41.9. The average molecular weight is 417 g/mol. The molecule has 12 heteroatoms. The van der Waals surface area contributed by atoms with E-state index in [0.717, 1.165) is 11.3 Å². The molecule has 1 N–H and O–H groups in total. The van der Waals surface area contributed by atoms with Gasteiger partial charge in [0, 0.05) is 26.1 Å². The maximum Gasteiger partial charge on any atom is 0.389 e. The third-order valence-corrected chi connectivity index (χ3v) is 5.27. The van der Waals surface area contributed by atoms with Crippen LogP contribution in [0.4, 0.5) is 23.1 Å². The van der Waals surface area contributed by atoms with Gasteiger partial charge >= 0.3 is 12.2 Å². The van der Waals surface area contributed by atoms with Crippen LogP contribution in [0.1, 0.15) is 34.1 Å². The van der Waals surface area contributed by atoms with Crippen LogP contribution in [0.2, 0.25) is 0 Å². The van der Waals surface area contributed by atoms with Crippen LogP contribution < -0.4 is 10.2 Å². The third-order valence-electron chi connectivity index (χ3n) is 4.09. The molecule has 3 amide bonds. The van der Waals surface area contributed by atoms with Crippen molar-refractivity contribution in [1.82, 2.24) is 20.2 Å². The van der Waals surface area contributed by atoms with Crippen molar-refractivity contribution >= 4 is 28.4 Å². The molecule has 152 valence electrons. The van der Waals surface area contributed by atoms with Crippen molar-refractivity contribution in [3.8, 4) is 0 Å². The highest BCUT2D eigenvalue weighted by molar-refractivity contribution is 7.17. The van der Waals surface area contributed by atoms with Gasteiger partial charge in [0.2, 0.25) is 5.89 Å². The van der Waals surface area contributed by atoms with Crippen molar-refractivity contribution in [2.75, 3.05) is 24.5 Å². The first-order valence-corrected chi connectivity index (χ1v) is 9.33. The Kier molecular flexibility index (Phi) is 5.87. The van der Waals surface area contributed by atoms with Crippen LogP contribution in [0.5, 0.6) is 0 Å². The number of aryl methyl sites for hydroxylation is 1. The number of nitrogens with one attached hydrogen (secondary N) is 1. The number of nitrogens with zero attached hydrogens (tertiary/aromatic N) is 4. The van der Waals surface area contributed by atoms with Gasteiger partial charge in [-0.2, -0.15) is 13.2 Å². The largest absolute Gasteiger partial charge is 0.447 e. The van der Waals surface area contributed by atoms with Gasteiger partial charge in [0.05, 0.1) is 18.4 Å². The molecule has 1 aliphatic heterocycles. The second-order valence-corrected chi connectivity index (χ2v) is 7.14. The number of aromatic nitrogens is 2. The fourth-order valence-corrected chi connectivity index (χ4v) is 3.73. The van der Waals surface area contributed by atoms with Gasteiger partial charge in [-0.15, -0.1) is 0 Å². The van der Waals surface area contributed by atoms with Crippen molar-refractivity contribution in [2.45, 2.75) is 32.5 Å². The van der Waals surface area contributed by atoms with Gasteiger partial charge in [-0.3, -0.25) is 9.69 Å². The monoisotopic (exact) mass is 417 g/mol. The molecular formula is C16H18F3N5O3S. The van der Waals surface area contributed by atoms with Crippen LogP contribution in [0.3, 0.4) is 0 Å². The zero-order valence-corrected chi connectivity index (χ0v) is 15.8. The Balaban J connectivity index is 1.59. The lowest BCUT2D eigenvalue weighted by Gasteiger charge is -2.17. The van der Waals surface area contributed by atoms with Crippen LogP contribution in [-0.4, -0.2) is 52.6 Å². The molecular weight excluding hydrogens is 399 g/mol. The first-order chi connectivity index (χ1) is 13.2. The Hall–Kier alpha value is -2.63. The third kappa shape index (κ3) is 4.80. The van der Waals surface area contributed by atoms with Crippen LogP contribution >= 0.6 is 11.3 Å². The second-order valence-electron chi connectivity index (χ2n) is 6.16. The number of carbonyl (C=O) groups is 2. The Morgan fingerprint density at radius 1 is 1.39 bits per heavy atom. The summed E-state index contributed by atoms with van der Waals surface area (Å²) in [5, 5.41) is 3.01. The van der Waals surface area contributed by atoms with E-state index in [1.54, 1.807) is 6.92 Å². The fourth-order valence-electron chi connectivity index (χ4n) is 2.72. The number of urea groups is 1. The molecule has 0 atom stereocenters. The van der Waals surface area contributed by atoms with Gasteiger partial charge in [-0.25, -0.2) is 14.8 Å². The summed E-state index contributed by atoms with van der Waals surface area (Å²) >= 11 is 1.06. The van der Waals surface area contributed by atoms with Crippen LogP contribution in [-0.2, 0) is 6.54 Å². The summed E-state index contributed by atoms with van der Waals surface area (Å²) in [6, 6.07) is -0.400. The van der Waals surface area contributed by atoms with E-state index in [0.29, 0.717) is 34.7 Å². The molecule has 3 rings (SSSR count). The Morgan fingerprint density at radius 2 is 2.18 bits per heavy atom. The number of amides is 3. The van der Waals surface area contributed by atoms with Gasteiger partial charge < -0.3 is 14.6 Å². The lowest BCUT2D eigenvalue weighted by molar-refractivity contribution is -0.135. The molecule has 1 fully saturated rings. The molecule has 1 saturated heterocycles. The first kappa shape index (κ1) is 20.1. The lowest BCUT2D eigenvalue weighted by atomic mass is 10.3.